The van der Waals surface area contributed by atoms with Gasteiger partial charge in [0, 0.05) is 10.5 Å². The second kappa shape index (κ2) is 6.17. The Bertz CT molecular complexity index is 680. The Kier molecular flexibility index (Phi) is 4.52. The molecule has 0 aliphatic carbocycles. The number of nitrogens with zero attached hydrogens (tertiary/aromatic N) is 1. The van der Waals surface area contributed by atoms with E-state index in [4.69, 9.17) is 19.1 Å². The molecule has 6 nitrogen and oxygen atoms in total. The van der Waals surface area contributed by atoms with Crippen LogP contribution < -0.4 is 9.47 Å². The Morgan fingerprint density at radius 2 is 2.10 bits per heavy atom. The lowest BCUT2D eigenvalue weighted by molar-refractivity contribution is 0.0686. The molecule has 0 fully saturated rings. The van der Waals surface area contributed by atoms with Gasteiger partial charge in [0.15, 0.2) is 23.0 Å². The molecule has 0 saturated carbocycles. The van der Waals surface area contributed by atoms with Crippen LogP contribution >= 0.6 is 15.9 Å². The van der Waals surface area contributed by atoms with Crippen LogP contribution in [0.4, 0.5) is 0 Å². The number of hydrogen-bond donors (Lipinski definition) is 1. The van der Waals surface area contributed by atoms with Crippen LogP contribution in [-0.4, -0.2) is 30.5 Å². The molecule has 2 aromatic rings. The standard InChI is InChI=1S/C14H14BrNO5/c1-4-7-5-10(19-2)13(20-3)11(12(7)15)9-6-8(14(17)18)16-21-9/h5-6H,4H2,1-3H3,(H,17,18). The fourth-order valence-electron chi connectivity index (χ4n) is 2.00. The number of ether oxygens (including phenoxy) is 2. The van der Waals surface area contributed by atoms with Crippen LogP contribution in [0.1, 0.15) is 23.0 Å². The number of carboxylic acids is 1. The Hall–Kier alpha value is -2.02. The molecule has 7 heteroatoms. The molecular weight excluding hydrogens is 342 g/mol. The van der Waals surface area contributed by atoms with E-state index in [1.54, 1.807) is 0 Å². The minimum absolute atomic E-state index is 0.167. The highest BCUT2D eigenvalue weighted by Crippen LogP contribution is 2.45. The van der Waals surface area contributed by atoms with E-state index in [0.29, 0.717) is 22.8 Å². The average molecular weight is 356 g/mol. The van der Waals surface area contributed by atoms with Gasteiger partial charge in [-0.3, -0.25) is 0 Å². The largest absolute Gasteiger partial charge is 0.493 e. The van der Waals surface area contributed by atoms with Crippen molar-refractivity contribution in [3.05, 3.63) is 27.9 Å². The Morgan fingerprint density at radius 1 is 1.38 bits per heavy atom. The molecule has 1 heterocycles. The summed E-state index contributed by atoms with van der Waals surface area (Å²) in [5, 5.41) is 12.5. The molecule has 0 saturated heterocycles. The summed E-state index contributed by atoms with van der Waals surface area (Å²) in [7, 11) is 3.05. The average Bonchev–Trinajstić information content (AvgIpc) is 2.96. The summed E-state index contributed by atoms with van der Waals surface area (Å²) in [4.78, 5) is 10.9. The van der Waals surface area contributed by atoms with Crippen molar-refractivity contribution in [2.45, 2.75) is 13.3 Å². The lowest BCUT2D eigenvalue weighted by Gasteiger charge is -2.15. The summed E-state index contributed by atoms with van der Waals surface area (Å²) in [5.41, 5.74) is 1.39. The summed E-state index contributed by atoms with van der Waals surface area (Å²) >= 11 is 3.51. The molecule has 1 aromatic heterocycles. The maximum Gasteiger partial charge on any atom is 0.358 e. The van der Waals surface area contributed by atoms with Crippen molar-refractivity contribution in [1.29, 1.82) is 0 Å². The maximum absolute atomic E-state index is 10.9. The van der Waals surface area contributed by atoms with Crippen molar-refractivity contribution < 1.29 is 23.9 Å². The van der Waals surface area contributed by atoms with E-state index in [1.165, 1.54) is 20.3 Å². The van der Waals surface area contributed by atoms with Crippen LogP contribution in [-0.2, 0) is 6.42 Å². The minimum Gasteiger partial charge on any atom is -0.493 e. The summed E-state index contributed by atoms with van der Waals surface area (Å²) in [6, 6.07) is 3.21. The molecule has 0 atom stereocenters. The van der Waals surface area contributed by atoms with Crippen LogP contribution in [0, 0.1) is 0 Å². The topological polar surface area (TPSA) is 81.8 Å². The number of aryl methyl sites for hydroxylation is 1. The van der Waals surface area contributed by atoms with E-state index in [2.05, 4.69) is 21.1 Å². The maximum atomic E-state index is 10.9. The van der Waals surface area contributed by atoms with Crippen LogP contribution in [0.15, 0.2) is 21.1 Å². The van der Waals surface area contributed by atoms with Crippen molar-refractivity contribution in [2.24, 2.45) is 0 Å². The SMILES string of the molecule is CCc1cc(OC)c(OC)c(-c2cc(C(=O)O)no2)c1Br. The zero-order valence-electron chi connectivity index (χ0n) is 11.8. The van der Waals surface area contributed by atoms with E-state index in [1.807, 2.05) is 13.0 Å². The fourth-order valence-corrected chi connectivity index (χ4v) is 2.77. The molecule has 0 aliphatic rings. The second-order valence-corrected chi connectivity index (χ2v) is 4.99. The van der Waals surface area contributed by atoms with Gasteiger partial charge in [0.2, 0.25) is 0 Å². The van der Waals surface area contributed by atoms with Gasteiger partial charge >= 0.3 is 5.97 Å². The fraction of sp³-hybridized carbons (Fsp3) is 0.286. The molecule has 0 amide bonds. The van der Waals surface area contributed by atoms with Gasteiger partial charge in [-0.25, -0.2) is 4.79 Å². The Labute approximate surface area is 129 Å². The van der Waals surface area contributed by atoms with Crippen LogP contribution in [0.3, 0.4) is 0 Å². The third-order valence-electron chi connectivity index (χ3n) is 3.04. The summed E-state index contributed by atoms with van der Waals surface area (Å²) in [6.07, 6.45) is 0.758. The van der Waals surface area contributed by atoms with Gasteiger partial charge in [0.1, 0.15) is 0 Å². The zero-order valence-corrected chi connectivity index (χ0v) is 13.4. The first-order chi connectivity index (χ1) is 10.0. The molecule has 0 aliphatic heterocycles. The number of hydrogen-bond acceptors (Lipinski definition) is 5. The van der Waals surface area contributed by atoms with Crippen molar-refractivity contribution in [3.8, 4) is 22.8 Å². The first kappa shape index (κ1) is 15.4. The van der Waals surface area contributed by atoms with Crippen LogP contribution in [0.25, 0.3) is 11.3 Å². The first-order valence-electron chi connectivity index (χ1n) is 6.17. The Balaban J connectivity index is 2.72. The van der Waals surface area contributed by atoms with Crippen LogP contribution in [0.2, 0.25) is 0 Å². The number of carboxylic acid groups (broad SMARTS) is 1. The van der Waals surface area contributed by atoms with Gasteiger partial charge in [-0.1, -0.05) is 12.1 Å². The number of benzene rings is 1. The van der Waals surface area contributed by atoms with E-state index in [-0.39, 0.29) is 5.69 Å². The minimum atomic E-state index is -1.15. The molecular formula is C14H14BrNO5. The lowest BCUT2D eigenvalue weighted by Crippen LogP contribution is -1.97. The highest BCUT2D eigenvalue weighted by atomic mass is 79.9. The van der Waals surface area contributed by atoms with Crippen molar-refractivity contribution in [3.63, 3.8) is 0 Å². The molecule has 0 spiro atoms. The molecule has 0 radical (unpaired) electrons. The smallest absolute Gasteiger partial charge is 0.358 e. The van der Waals surface area contributed by atoms with Gasteiger partial charge < -0.3 is 19.1 Å². The molecule has 0 bridgehead atoms. The predicted molar refractivity (Wildman–Crippen MR) is 79.1 cm³/mol. The predicted octanol–water partition coefficient (Wildman–Crippen LogP) is 3.38. The lowest BCUT2D eigenvalue weighted by atomic mass is 10.0. The molecule has 21 heavy (non-hydrogen) atoms. The van der Waals surface area contributed by atoms with E-state index in [9.17, 15) is 4.79 Å². The molecule has 1 aromatic carbocycles. The number of rotatable bonds is 5. The van der Waals surface area contributed by atoms with Gasteiger partial charge in [0.25, 0.3) is 0 Å². The zero-order chi connectivity index (χ0) is 15.6. The van der Waals surface area contributed by atoms with E-state index >= 15 is 0 Å². The number of carbonyl (C=O) groups is 1. The quantitative estimate of drug-likeness (QED) is 0.885. The summed E-state index contributed by atoms with van der Waals surface area (Å²) < 4.78 is 16.6. The monoisotopic (exact) mass is 355 g/mol. The van der Waals surface area contributed by atoms with Crippen molar-refractivity contribution in [1.82, 2.24) is 5.16 Å². The highest BCUT2D eigenvalue weighted by molar-refractivity contribution is 9.10. The van der Waals surface area contributed by atoms with Crippen molar-refractivity contribution >= 4 is 21.9 Å². The van der Waals surface area contributed by atoms with E-state index < -0.39 is 5.97 Å². The third kappa shape index (κ3) is 2.73. The molecule has 0 unspecified atom stereocenters. The van der Waals surface area contributed by atoms with Gasteiger partial charge in [-0.15, -0.1) is 0 Å². The highest BCUT2D eigenvalue weighted by Gasteiger charge is 2.23. The number of aromatic carboxylic acids is 1. The van der Waals surface area contributed by atoms with Gasteiger partial charge in [0.05, 0.1) is 19.8 Å². The molecule has 112 valence electrons. The number of aromatic nitrogens is 1. The summed E-state index contributed by atoms with van der Waals surface area (Å²) in [6.45, 7) is 2.00. The molecule has 1 N–H and O–H groups in total. The third-order valence-corrected chi connectivity index (χ3v) is 3.94. The normalized spacial score (nSPS) is 10.5. The Morgan fingerprint density at radius 3 is 2.57 bits per heavy atom. The van der Waals surface area contributed by atoms with Crippen molar-refractivity contribution in [2.75, 3.05) is 14.2 Å². The van der Waals surface area contributed by atoms with Gasteiger partial charge in [-0.05, 0) is 34.0 Å². The number of halogens is 1. The van der Waals surface area contributed by atoms with Gasteiger partial charge in [-0.2, -0.15) is 0 Å². The first-order valence-corrected chi connectivity index (χ1v) is 6.96. The van der Waals surface area contributed by atoms with Crippen LogP contribution in [0.5, 0.6) is 11.5 Å². The number of methoxy groups -OCH3 is 2. The second-order valence-electron chi connectivity index (χ2n) is 4.20. The summed E-state index contributed by atoms with van der Waals surface area (Å²) in [5.74, 6) is 0.138. The van der Waals surface area contributed by atoms with E-state index in [0.717, 1.165) is 16.5 Å². The molecule has 2 rings (SSSR count).